The van der Waals surface area contributed by atoms with Gasteiger partial charge < -0.3 is 9.64 Å². The van der Waals surface area contributed by atoms with Crippen LogP contribution in [0.2, 0.25) is 0 Å². The van der Waals surface area contributed by atoms with Crippen molar-refractivity contribution in [1.29, 1.82) is 5.41 Å². The standard InChI is InChI=1S/C14H28N2O/c1-6-13(11(4)10(2)3)17-14(15)12-7-8-16(5)9-12/h10-13,15H,6-9H2,1-5H3. The Kier molecular flexibility index (Phi) is 5.44. The van der Waals surface area contributed by atoms with Crippen molar-refractivity contribution in [2.24, 2.45) is 17.8 Å². The number of likely N-dealkylation sites (tertiary alicyclic amines) is 1. The maximum absolute atomic E-state index is 8.10. The molecule has 1 saturated heterocycles. The van der Waals surface area contributed by atoms with Crippen molar-refractivity contribution in [3.05, 3.63) is 0 Å². The molecule has 3 heteroatoms. The van der Waals surface area contributed by atoms with Crippen molar-refractivity contribution >= 4 is 5.90 Å². The van der Waals surface area contributed by atoms with Crippen molar-refractivity contribution in [2.45, 2.75) is 46.6 Å². The number of hydrogen-bond donors (Lipinski definition) is 1. The second-order valence-corrected chi connectivity index (χ2v) is 5.78. The molecule has 0 aromatic rings. The summed E-state index contributed by atoms with van der Waals surface area (Å²) in [5, 5.41) is 8.10. The Bertz CT molecular complexity index is 253. The van der Waals surface area contributed by atoms with Crippen molar-refractivity contribution in [3.63, 3.8) is 0 Å². The number of hydrogen-bond acceptors (Lipinski definition) is 3. The van der Waals surface area contributed by atoms with Gasteiger partial charge in [0.2, 0.25) is 0 Å². The summed E-state index contributed by atoms with van der Waals surface area (Å²) in [4.78, 5) is 2.27. The Morgan fingerprint density at radius 2 is 2.06 bits per heavy atom. The highest BCUT2D eigenvalue weighted by atomic mass is 16.5. The van der Waals surface area contributed by atoms with Gasteiger partial charge in [-0.3, -0.25) is 5.41 Å². The van der Waals surface area contributed by atoms with Gasteiger partial charge in [0.1, 0.15) is 6.10 Å². The Hall–Kier alpha value is -0.570. The summed E-state index contributed by atoms with van der Waals surface area (Å²) in [6.07, 6.45) is 2.26. The fraction of sp³-hybridized carbons (Fsp3) is 0.929. The topological polar surface area (TPSA) is 36.3 Å². The van der Waals surface area contributed by atoms with Crippen LogP contribution in [0.1, 0.15) is 40.5 Å². The molecular weight excluding hydrogens is 212 g/mol. The molecule has 0 aromatic carbocycles. The minimum Gasteiger partial charge on any atom is -0.477 e. The lowest BCUT2D eigenvalue weighted by molar-refractivity contribution is 0.0909. The van der Waals surface area contributed by atoms with Crippen molar-refractivity contribution < 1.29 is 4.74 Å². The Morgan fingerprint density at radius 3 is 2.47 bits per heavy atom. The number of nitrogens with one attached hydrogen (secondary N) is 1. The fourth-order valence-corrected chi connectivity index (χ4v) is 2.40. The first-order valence-corrected chi connectivity index (χ1v) is 6.89. The van der Waals surface area contributed by atoms with E-state index in [1.165, 1.54) is 0 Å². The third kappa shape index (κ3) is 3.98. The van der Waals surface area contributed by atoms with E-state index in [2.05, 4.69) is 39.6 Å². The lowest BCUT2D eigenvalue weighted by atomic mass is 9.90. The SMILES string of the molecule is CCC(OC(=N)C1CCN(C)C1)C(C)C(C)C. The zero-order chi connectivity index (χ0) is 13.0. The lowest BCUT2D eigenvalue weighted by Gasteiger charge is -2.28. The van der Waals surface area contributed by atoms with Crippen LogP contribution in [0.5, 0.6) is 0 Å². The summed E-state index contributed by atoms with van der Waals surface area (Å²) in [6.45, 7) is 10.9. The summed E-state index contributed by atoms with van der Waals surface area (Å²) < 4.78 is 5.91. The first-order chi connectivity index (χ1) is 7.95. The van der Waals surface area contributed by atoms with E-state index in [0.29, 0.717) is 23.7 Å². The predicted molar refractivity (Wildman–Crippen MR) is 72.5 cm³/mol. The molecule has 0 spiro atoms. The van der Waals surface area contributed by atoms with Crippen LogP contribution in [-0.2, 0) is 4.74 Å². The van der Waals surface area contributed by atoms with Crippen LogP contribution >= 0.6 is 0 Å². The van der Waals surface area contributed by atoms with Crippen LogP contribution < -0.4 is 0 Å². The molecule has 17 heavy (non-hydrogen) atoms. The van der Waals surface area contributed by atoms with E-state index in [1.54, 1.807) is 0 Å². The van der Waals surface area contributed by atoms with Crippen LogP contribution in [0.25, 0.3) is 0 Å². The average molecular weight is 240 g/mol. The molecule has 0 amide bonds. The smallest absolute Gasteiger partial charge is 0.185 e. The number of rotatable bonds is 5. The van der Waals surface area contributed by atoms with Crippen molar-refractivity contribution in [3.8, 4) is 0 Å². The quantitative estimate of drug-likeness (QED) is 0.592. The van der Waals surface area contributed by atoms with Crippen LogP contribution in [0.4, 0.5) is 0 Å². The van der Waals surface area contributed by atoms with E-state index >= 15 is 0 Å². The monoisotopic (exact) mass is 240 g/mol. The molecule has 0 aromatic heterocycles. The van der Waals surface area contributed by atoms with Crippen molar-refractivity contribution in [2.75, 3.05) is 20.1 Å². The first-order valence-electron chi connectivity index (χ1n) is 6.89. The highest BCUT2D eigenvalue weighted by molar-refractivity contribution is 5.76. The molecule has 3 atom stereocenters. The zero-order valence-electron chi connectivity index (χ0n) is 12.0. The molecular formula is C14H28N2O. The van der Waals surface area contributed by atoms with E-state index in [-0.39, 0.29) is 6.10 Å². The second kappa shape index (κ2) is 6.39. The van der Waals surface area contributed by atoms with E-state index in [0.717, 1.165) is 25.9 Å². The van der Waals surface area contributed by atoms with Gasteiger partial charge in [-0.15, -0.1) is 0 Å². The molecule has 0 aliphatic carbocycles. The molecule has 1 N–H and O–H groups in total. The second-order valence-electron chi connectivity index (χ2n) is 5.78. The minimum absolute atomic E-state index is 0.202. The zero-order valence-corrected chi connectivity index (χ0v) is 12.0. The molecule has 0 saturated carbocycles. The van der Waals surface area contributed by atoms with Crippen LogP contribution in [-0.4, -0.2) is 37.0 Å². The van der Waals surface area contributed by atoms with E-state index in [4.69, 9.17) is 10.1 Å². The molecule has 1 heterocycles. The predicted octanol–water partition coefficient (Wildman–Crippen LogP) is 3.00. The summed E-state index contributed by atoms with van der Waals surface area (Å²) in [5.74, 6) is 1.94. The Labute approximate surface area is 106 Å². The van der Waals surface area contributed by atoms with Gasteiger partial charge in [0.25, 0.3) is 0 Å². The minimum atomic E-state index is 0.202. The van der Waals surface area contributed by atoms with Gasteiger partial charge in [-0.2, -0.15) is 0 Å². The normalized spacial score (nSPS) is 24.9. The largest absolute Gasteiger partial charge is 0.477 e. The van der Waals surface area contributed by atoms with E-state index in [1.807, 2.05) is 0 Å². The van der Waals surface area contributed by atoms with E-state index < -0.39 is 0 Å². The van der Waals surface area contributed by atoms with Gasteiger partial charge in [-0.05, 0) is 38.3 Å². The van der Waals surface area contributed by atoms with E-state index in [9.17, 15) is 0 Å². The molecule has 1 fully saturated rings. The molecule has 1 rings (SSSR count). The summed E-state index contributed by atoms with van der Waals surface area (Å²) in [5.41, 5.74) is 0. The van der Waals surface area contributed by atoms with Crippen molar-refractivity contribution in [1.82, 2.24) is 4.90 Å². The molecule has 3 unspecified atom stereocenters. The molecule has 0 radical (unpaired) electrons. The summed E-state index contributed by atoms with van der Waals surface area (Å²) in [7, 11) is 2.11. The third-order valence-electron chi connectivity index (χ3n) is 4.08. The third-order valence-corrected chi connectivity index (χ3v) is 4.08. The Morgan fingerprint density at radius 1 is 1.41 bits per heavy atom. The first kappa shape index (κ1) is 14.5. The lowest BCUT2D eigenvalue weighted by Crippen LogP contribution is -2.31. The van der Waals surface area contributed by atoms with Crippen LogP contribution in [0, 0.1) is 23.2 Å². The Balaban J connectivity index is 2.48. The molecule has 1 aliphatic rings. The van der Waals surface area contributed by atoms with Gasteiger partial charge in [0, 0.05) is 12.5 Å². The van der Waals surface area contributed by atoms with Crippen LogP contribution in [0.15, 0.2) is 0 Å². The summed E-state index contributed by atoms with van der Waals surface area (Å²) in [6, 6.07) is 0. The maximum Gasteiger partial charge on any atom is 0.185 e. The molecule has 1 aliphatic heterocycles. The van der Waals surface area contributed by atoms with Gasteiger partial charge in [-0.25, -0.2) is 0 Å². The number of ether oxygens (including phenoxy) is 1. The van der Waals surface area contributed by atoms with Gasteiger partial charge in [-0.1, -0.05) is 27.7 Å². The van der Waals surface area contributed by atoms with Crippen LogP contribution in [0.3, 0.4) is 0 Å². The fourth-order valence-electron chi connectivity index (χ4n) is 2.40. The average Bonchev–Trinajstić information content (AvgIpc) is 2.71. The number of nitrogens with zero attached hydrogens (tertiary/aromatic N) is 1. The maximum atomic E-state index is 8.10. The molecule has 3 nitrogen and oxygen atoms in total. The van der Waals surface area contributed by atoms with Gasteiger partial charge in [0.05, 0.1) is 0 Å². The van der Waals surface area contributed by atoms with Gasteiger partial charge in [0.15, 0.2) is 5.90 Å². The summed E-state index contributed by atoms with van der Waals surface area (Å²) >= 11 is 0. The van der Waals surface area contributed by atoms with Gasteiger partial charge >= 0.3 is 0 Å². The molecule has 0 bridgehead atoms. The highest BCUT2D eigenvalue weighted by Gasteiger charge is 2.28. The highest BCUT2D eigenvalue weighted by Crippen LogP contribution is 2.23. The molecule has 100 valence electrons.